The van der Waals surface area contributed by atoms with Gasteiger partial charge in [-0.25, -0.2) is 0 Å². The SMILES string of the molecule is CN=C(NCCc1ccc(OC(F)(F)F)cc1)NCCC(F)(F)F. The van der Waals surface area contributed by atoms with Gasteiger partial charge in [0, 0.05) is 20.1 Å². The zero-order valence-electron chi connectivity index (χ0n) is 12.8. The Hall–Kier alpha value is -2.13. The number of nitrogens with zero attached hydrogens (tertiary/aromatic N) is 1. The van der Waals surface area contributed by atoms with Crippen LogP contribution in [0, 0.1) is 0 Å². The molecular weight excluding hydrogens is 340 g/mol. The Kier molecular flexibility index (Phi) is 7.18. The molecule has 0 aromatic heterocycles. The number of ether oxygens (including phenoxy) is 1. The van der Waals surface area contributed by atoms with Crippen molar-refractivity contribution in [2.24, 2.45) is 4.99 Å². The van der Waals surface area contributed by atoms with Crippen LogP contribution in [0.15, 0.2) is 29.3 Å². The standard InChI is InChI=1S/C14H17F6N3O/c1-21-12(23-9-7-13(15,16)17)22-8-6-10-2-4-11(5-3-10)24-14(18,19)20/h2-5H,6-9H2,1H3,(H2,21,22,23). The number of alkyl halides is 6. The van der Waals surface area contributed by atoms with Crippen LogP contribution in [-0.2, 0) is 6.42 Å². The van der Waals surface area contributed by atoms with Gasteiger partial charge in [0.1, 0.15) is 5.75 Å². The first-order chi connectivity index (χ1) is 11.1. The van der Waals surface area contributed by atoms with E-state index >= 15 is 0 Å². The van der Waals surface area contributed by atoms with Crippen LogP contribution in [0.2, 0.25) is 0 Å². The van der Waals surface area contributed by atoms with E-state index in [9.17, 15) is 26.3 Å². The predicted molar refractivity (Wildman–Crippen MR) is 76.9 cm³/mol. The molecule has 136 valence electrons. The highest BCUT2D eigenvalue weighted by atomic mass is 19.4. The lowest BCUT2D eigenvalue weighted by Gasteiger charge is -2.13. The topological polar surface area (TPSA) is 45.7 Å². The van der Waals surface area contributed by atoms with Crippen LogP contribution >= 0.6 is 0 Å². The van der Waals surface area contributed by atoms with Crippen molar-refractivity contribution in [1.82, 2.24) is 10.6 Å². The van der Waals surface area contributed by atoms with E-state index in [1.807, 2.05) is 0 Å². The number of hydrogen-bond acceptors (Lipinski definition) is 2. The van der Waals surface area contributed by atoms with Crippen LogP contribution in [0.1, 0.15) is 12.0 Å². The third-order valence-corrected chi connectivity index (χ3v) is 2.79. The van der Waals surface area contributed by atoms with Gasteiger partial charge in [-0.3, -0.25) is 4.99 Å². The van der Waals surface area contributed by atoms with Crippen LogP contribution in [0.3, 0.4) is 0 Å². The lowest BCUT2D eigenvalue weighted by atomic mass is 10.1. The summed E-state index contributed by atoms with van der Waals surface area (Å²) in [7, 11) is 1.42. The minimum absolute atomic E-state index is 0.219. The molecule has 1 aromatic carbocycles. The molecule has 0 spiro atoms. The van der Waals surface area contributed by atoms with Gasteiger partial charge in [0.25, 0.3) is 0 Å². The Morgan fingerprint density at radius 1 is 1.00 bits per heavy atom. The summed E-state index contributed by atoms with van der Waals surface area (Å²) in [6, 6.07) is 5.34. The Morgan fingerprint density at radius 3 is 2.08 bits per heavy atom. The van der Waals surface area contributed by atoms with Gasteiger partial charge in [-0.2, -0.15) is 13.2 Å². The molecule has 0 amide bonds. The van der Waals surface area contributed by atoms with Gasteiger partial charge in [-0.05, 0) is 24.1 Å². The summed E-state index contributed by atoms with van der Waals surface area (Å²) in [6.45, 7) is 0.0534. The highest BCUT2D eigenvalue weighted by molar-refractivity contribution is 5.79. The van der Waals surface area contributed by atoms with Crippen molar-refractivity contribution >= 4 is 5.96 Å². The van der Waals surface area contributed by atoms with E-state index in [2.05, 4.69) is 20.4 Å². The molecule has 0 saturated carbocycles. The fourth-order valence-corrected chi connectivity index (χ4v) is 1.73. The van der Waals surface area contributed by atoms with Crippen LogP contribution in [0.5, 0.6) is 5.75 Å². The molecule has 0 aliphatic carbocycles. The number of benzene rings is 1. The average Bonchev–Trinajstić information content (AvgIpc) is 2.44. The first-order valence-electron chi connectivity index (χ1n) is 6.95. The summed E-state index contributed by atoms with van der Waals surface area (Å²) in [4.78, 5) is 3.78. The van der Waals surface area contributed by atoms with Crippen molar-refractivity contribution in [3.8, 4) is 5.75 Å². The van der Waals surface area contributed by atoms with Crippen molar-refractivity contribution in [3.63, 3.8) is 0 Å². The fraction of sp³-hybridized carbons (Fsp3) is 0.500. The number of nitrogens with one attached hydrogen (secondary N) is 2. The summed E-state index contributed by atoms with van der Waals surface area (Å²) in [5.74, 6) is -0.0971. The molecule has 10 heteroatoms. The Morgan fingerprint density at radius 2 is 1.58 bits per heavy atom. The number of guanidine groups is 1. The molecule has 0 heterocycles. The lowest BCUT2D eigenvalue weighted by molar-refractivity contribution is -0.274. The van der Waals surface area contributed by atoms with Crippen molar-refractivity contribution in [2.75, 3.05) is 20.1 Å². The summed E-state index contributed by atoms with van der Waals surface area (Å²) in [6.07, 6.45) is -9.51. The predicted octanol–water partition coefficient (Wildman–Crippen LogP) is 3.25. The van der Waals surface area contributed by atoms with Gasteiger partial charge in [-0.15, -0.1) is 13.2 Å². The molecular formula is C14H17F6N3O. The van der Waals surface area contributed by atoms with Gasteiger partial charge in [0.2, 0.25) is 0 Å². The van der Waals surface area contributed by atoms with Crippen molar-refractivity contribution < 1.29 is 31.1 Å². The van der Waals surface area contributed by atoms with Crippen molar-refractivity contribution in [1.29, 1.82) is 0 Å². The van der Waals surface area contributed by atoms with Crippen LogP contribution < -0.4 is 15.4 Å². The van der Waals surface area contributed by atoms with E-state index < -0.39 is 19.0 Å². The molecule has 0 fully saturated rings. The molecule has 0 atom stereocenters. The molecule has 1 rings (SSSR count). The first kappa shape index (κ1) is 19.9. The smallest absolute Gasteiger partial charge is 0.406 e. The van der Waals surface area contributed by atoms with E-state index in [-0.39, 0.29) is 18.3 Å². The third-order valence-electron chi connectivity index (χ3n) is 2.79. The zero-order valence-corrected chi connectivity index (χ0v) is 12.8. The van der Waals surface area contributed by atoms with Crippen molar-refractivity contribution in [2.45, 2.75) is 25.4 Å². The van der Waals surface area contributed by atoms with E-state index in [0.29, 0.717) is 13.0 Å². The molecule has 0 unspecified atom stereocenters. The Bertz CT molecular complexity index is 525. The average molecular weight is 357 g/mol. The molecule has 24 heavy (non-hydrogen) atoms. The maximum absolute atomic E-state index is 12.0. The van der Waals surface area contributed by atoms with E-state index in [0.717, 1.165) is 5.56 Å². The lowest BCUT2D eigenvalue weighted by Crippen LogP contribution is -2.39. The van der Waals surface area contributed by atoms with Crippen LogP contribution in [0.4, 0.5) is 26.3 Å². The summed E-state index contributed by atoms with van der Waals surface area (Å²) in [5.41, 5.74) is 0.739. The second-order valence-electron chi connectivity index (χ2n) is 4.73. The summed E-state index contributed by atoms with van der Waals surface area (Å²) < 4.78 is 75.9. The van der Waals surface area contributed by atoms with Gasteiger partial charge in [0.05, 0.1) is 6.42 Å². The monoisotopic (exact) mass is 357 g/mol. The minimum Gasteiger partial charge on any atom is -0.406 e. The molecule has 0 aliphatic rings. The van der Waals surface area contributed by atoms with Gasteiger partial charge in [-0.1, -0.05) is 12.1 Å². The van der Waals surface area contributed by atoms with Crippen LogP contribution in [-0.4, -0.2) is 38.6 Å². The fourth-order valence-electron chi connectivity index (χ4n) is 1.73. The van der Waals surface area contributed by atoms with Crippen LogP contribution in [0.25, 0.3) is 0 Å². The Balaban J connectivity index is 2.35. The molecule has 0 bridgehead atoms. The second kappa shape index (κ2) is 8.65. The maximum Gasteiger partial charge on any atom is 0.573 e. The highest BCUT2D eigenvalue weighted by Gasteiger charge is 2.30. The number of halogens is 6. The molecule has 2 N–H and O–H groups in total. The highest BCUT2D eigenvalue weighted by Crippen LogP contribution is 2.22. The summed E-state index contributed by atoms with van der Waals surface area (Å²) in [5, 5.41) is 5.34. The van der Waals surface area contributed by atoms with Gasteiger partial charge in [0.15, 0.2) is 5.96 Å². The maximum atomic E-state index is 12.0. The van der Waals surface area contributed by atoms with Crippen molar-refractivity contribution in [3.05, 3.63) is 29.8 Å². The molecule has 0 aliphatic heterocycles. The van der Waals surface area contributed by atoms with Gasteiger partial charge < -0.3 is 15.4 Å². The van der Waals surface area contributed by atoms with Gasteiger partial charge >= 0.3 is 12.5 Å². The zero-order chi connectivity index (χ0) is 18.2. The molecule has 4 nitrogen and oxygen atoms in total. The first-order valence-corrected chi connectivity index (χ1v) is 6.95. The van der Waals surface area contributed by atoms with E-state index in [1.54, 1.807) is 0 Å². The molecule has 0 saturated heterocycles. The third kappa shape index (κ3) is 9.11. The Labute approximate surface area is 134 Å². The normalized spacial score (nSPS) is 12.9. The second-order valence-corrected chi connectivity index (χ2v) is 4.73. The quantitative estimate of drug-likeness (QED) is 0.467. The number of aliphatic imine (C=N–C) groups is 1. The number of rotatable bonds is 6. The largest absolute Gasteiger partial charge is 0.573 e. The molecule has 1 aromatic rings. The number of hydrogen-bond donors (Lipinski definition) is 2. The minimum atomic E-state index is -4.74. The van der Waals surface area contributed by atoms with E-state index in [4.69, 9.17) is 0 Å². The summed E-state index contributed by atoms with van der Waals surface area (Å²) >= 11 is 0. The van der Waals surface area contributed by atoms with E-state index in [1.165, 1.54) is 31.3 Å². The molecule has 0 radical (unpaired) electrons.